The first-order valence-corrected chi connectivity index (χ1v) is 8.16. The standard InChI is InChI=1S/C16H16N2O3S/c1-2-22-12-4-3-10-7-11(9-17-14(10)8-12)15(19)18-13-5-6-21-16(13)20/h3-4,7-9,13H,2,5-6H2,1H3,(H,18,19)/t13-/m0/s1. The van der Waals surface area contributed by atoms with Crippen molar-refractivity contribution < 1.29 is 14.3 Å². The third-order valence-electron chi connectivity index (χ3n) is 3.47. The van der Waals surface area contributed by atoms with E-state index < -0.39 is 6.04 Å². The smallest absolute Gasteiger partial charge is 0.328 e. The number of aromatic nitrogens is 1. The van der Waals surface area contributed by atoms with Gasteiger partial charge < -0.3 is 10.1 Å². The molecule has 1 saturated heterocycles. The topological polar surface area (TPSA) is 68.3 Å². The molecule has 6 heteroatoms. The maximum absolute atomic E-state index is 12.2. The Kier molecular flexibility index (Phi) is 4.29. The van der Waals surface area contributed by atoms with E-state index in [4.69, 9.17) is 4.74 Å². The highest BCUT2D eigenvalue weighted by molar-refractivity contribution is 7.99. The summed E-state index contributed by atoms with van der Waals surface area (Å²) >= 11 is 1.75. The molecule has 5 nitrogen and oxygen atoms in total. The van der Waals surface area contributed by atoms with Gasteiger partial charge in [-0.05, 0) is 24.0 Å². The number of carbonyl (C=O) groups is 2. The van der Waals surface area contributed by atoms with E-state index in [-0.39, 0.29) is 11.9 Å². The van der Waals surface area contributed by atoms with Crippen molar-refractivity contribution in [3.63, 3.8) is 0 Å². The van der Waals surface area contributed by atoms with Gasteiger partial charge in [-0.2, -0.15) is 0 Å². The third-order valence-corrected chi connectivity index (χ3v) is 4.35. The van der Waals surface area contributed by atoms with E-state index in [1.165, 1.54) is 0 Å². The fraction of sp³-hybridized carbons (Fsp3) is 0.312. The summed E-state index contributed by atoms with van der Waals surface area (Å²) < 4.78 is 4.84. The minimum Gasteiger partial charge on any atom is -0.464 e. The first-order valence-electron chi connectivity index (χ1n) is 7.17. The summed E-state index contributed by atoms with van der Waals surface area (Å²) in [4.78, 5) is 29.1. The zero-order valence-electron chi connectivity index (χ0n) is 12.2. The summed E-state index contributed by atoms with van der Waals surface area (Å²) in [7, 11) is 0. The Balaban J connectivity index is 1.80. The van der Waals surface area contributed by atoms with Gasteiger partial charge in [-0.25, -0.2) is 4.79 Å². The van der Waals surface area contributed by atoms with Gasteiger partial charge in [0, 0.05) is 22.9 Å². The first kappa shape index (κ1) is 14.8. The van der Waals surface area contributed by atoms with Gasteiger partial charge in [0.1, 0.15) is 6.04 Å². The fourth-order valence-corrected chi connectivity index (χ4v) is 3.04. The van der Waals surface area contributed by atoms with Gasteiger partial charge >= 0.3 is 5.97 Å². The molecule has 0 aliphatic carbocycles. The van der Waals surface area contributed by atoms with E-state index in [0.29, 0.717) is 18.6 Å². The van der Waals surface area contributed by atoms with Crippen LogP contribution in [0.1, 0.15) is 23.7 Å². The Hall–Kier alpha value is -2.08. The van der Waals surface area contributed by atoms with Crippen LogP contribution < -0.4 is 5.32 Å². The number of benzene rings is 1. The molecule has 0 unspecified atom stereocenters. The summed E-state index contributed by atoms with van der Waals surface area (Å²) in [5.41, 5.74) is 1.30. The molecule has 3 rings (SSSR count). The number of esters is 1. The SMILES string of the molecule is CCSc1ccc2cc(C(=O)N[C@H]3CCOC3=O)cnc2c1. The van der Waals surface area contributed by atoms with E-state index in [1.54, 1.807) is 24.0 Å². The number of hydrogen-bond acceptors (Lipinski definition) is 5. The average molecular weight is 316 g/mol. The molecule has 0 spiro atoms. The number of fused-ring (bicyclic) bond motifs is 1. The van der Waals surface area contributed by atoms with Gasteiger partial charge in [-0.1, -0.05) is 13.0 Å². The molecule has 1 N–H and O–H groups in total. The fourth-order valence-electron chi connectivity index (χ4n) is 2.35. The monoisotopic (exact) mass is 316 g/mol. The summed E-state index contributed by atoms with van der Waals surface area (Å²) in [6.07, 6.45) is 2.06. The van der Waals surface area contributed by atoms with Gasteiger partial charge in [-0.15, -0.1) is 11.8 Å². The number of hydrogen-bond donors (Lipinski definition) is 1. The number of cyclic esters (lactones) is 1. The van der Waals surface area contributed by atoms with Crippen molar-refractivity contribution >= 4 is 34.5 Å². The Morgan fingerprint density at radius 1 is 1.45 bits per heavy atom. The highest BCUT2D eigenvalue weighted by Crippen LogP contribution is 2.23. The molecule has 1 amide bonds. The molecule has 1 atom stereocenters. The van der Waals surface area contributed by atoms with Crippen molar-refractivity contribution in [2.24, 2.45) is 0 Å². The van der Waals surface area contributed by atoms with Crippen LogP contribution in [0.2, 0.25) is 0 Å². The van der Waals surface area contributed by atoms with Gasteiger partial charge in [-0.3, -0.25) is 9.78 Å². The molecule has 2 heterocycles. The lowest BCUT2D eigenvalue weighted by atomic mass is 10.1. The molecule has 0 saturated carbocycles. The van der Waals surface area contributed by atoms with Crippen LogP contribution >= 0.6 is 11.8 Å². The predicted molar refractivity (Wildman–Crippen MR) is 85.0 cm³/mol. The molecular weight excluding hydrogens is 300 g/mol. The lowest BCUT2D eigenvalue weighted by Crippen LogP contribution is -2.37. The van der Waals surface area contributed by atoms with Gasteiger partial charge in [0.15, 0.2) is 0 Å². The van der Waals surface area contributed by atoms with Crippen LogP contribution in [0, 0.1) is 0 Å². The molecule has 22 heavy (non-hydrogen) atoms. The van der Waals surface area contributed by atoms with Crippen molar-refractivity contribution in [3.8, 4) is 0 Å². The molecule has 1 aliphatic rings. The number of amides is 1. The Morgan fingerprint density at radius 3 is 3.05 bits per heavy atom. The van der Waals surface area contributed by atoms with E-state index in [0.717, 1.165) is 21.6 Å². The zero-order chi connectivity index (χ0) is 15.5. The molecular formula is C16H16N2O3S. The minimum atomic E-state index is -0.550. The number of ether oxygens (including phenoxy) is 1. The second-order valence-corrected chi connectivity index (χ2v) is 6.33. The molecule has 1 aliphatic heterocycles. The molecule has 1 aromatic heterocycles. The Morgan fingerprint density at radius 2 is 2.32 bits per heavy atom. The minimum absolute atomic E-state index is 0.301. The van der Waals surface area contributed by atoms with Gasteiger partial charge in [0.25, 0.3) is 5.91 Å². The van der Waals surface area contributed by atoms with Crippen molar-refractivity contribution in [3.05, 3.63) is 36.0 Å². The van der Waals surface area contributed by atoms with Crippen LogP contribution in [0.25, 0.3) is 10.9 Å². The van der Waals surface area contributed by atoms with E-state index in [2.05, 4.69) is 17.2 Å². The quantitative estimate of drug-likeness (QED) is 0.693. The predicted octanol–water partition coefficient (Wildman–Crippen LogP) is 2.39. The van der Waals surface area contributed by atoms with Crippen LogP contribution in [0.3, 0.4) is 0 Å². The molecule has 114 valence electrons. The van der Waals surface area contributed by atoms with Gasteiger partial charge in [0.2, 0.25) is 0 Å². The first-order chi connectivity index (χ1) is 10.7. The van der Waals surface area contributed by atoms with Gasteiger partial charge in [0.05, 0.1) is 17.7 Å². The van der Waals surface area contributed by atoms with Crippen molar-refractivity contribution in [1.29, 1.82) is 0 Å². The lowest BCUT2D eigenvalue weighted by molar-refractivity contribution is -0.139. The number of nitrogens with one attached hydrogen (secondary N) is 1. The normalized spacial score (nSPS) is 17.5. The molecule has 1 aromatic carbocycles. The van der Waals surface area contributed by atoms with E-state index >= 15 is 0 Å². The number of carbonyl (C=O) groups excluding carboxylic acids is 2. The molecule has 0 bridgehead atoms. The summed E-state index contributed by atoms with van der Waals surface area (Å²) in [5.74, 6) is 0.331. The molecule has 1 fully saturated rings. The summed E-state index contributed by atoms with van der Waals surface area (Å²) in [6.45, 7) is 2.46. The third kappa shape index (κ3) is 3.06. The van der Waals surface area contributed by atoms with Crippen LogP contribution in [0.15, 0.2) is 35.4 Å². The number of pyridine rings is 1. The largest absolute Gasteiger partial charge is 0.464 e. The second kappa shape index (κ2) is 6.36. The number of nitrogens with zero attached hydrogens (tertiary/aromatic N) is 1. The number of rotatable bonds is 4. The zero-order valence-corrected chi connectivity index (χ0v) is 13.0. The van der Waals surface area contributed by atoms with Crippen LogP contribution in [-0.2, 0) is 9.53 Å². The van der Waals surface area contributed by atoms with E-state index in [9.17, 15) is 9.59 Å². The van der Waals surface area contributed by atoms with Crippen molar-refractivity contribution in [2.45, 2.75) is 24.3 Å². The lowest BCUT2D eigenvalue weighted by Gasteiger charge is -2.09. The number of thioether (sulfide) groups is 1. The highest BCUT2D eigenvalue weighted by Gasteiger charge is 2.28. The van der Waals surface area contributed by atoms with Crippen LogP contribution in [0.5, 0.6) is 0 Å². The second-order valence-electron chi connectivity index (χ2n) is 4.99. The Bertz CT molecular complexity index is 732. The summed E-state index contributed by atoms with van der Waals surface area (Å²) in [6, 6.07) is 7.24. The summed E-state index contributed by atoms with van der Waals surface area (Å²) in [5, 5.41) is 3.59. The Labute approximate surface area is 132 Å². The van der Waals surface area contributed by atoms with Crippen molar-refractivity contribution in [1.82, 2.24) is 10.3 Å². The highest BCUT2D eigenvalue weighted by atomic mass is 32.2. The van der Waals surface area contributed by atoms with E-state index in [1.807, 2.05) is 18.2 Å². The van der Waals surface area contributed by atoms with Crippen LogP contribution in [-0.4, -0.2) is 35.3 Å². The maximum atomic E-state index is 12.2. The molecule has 0 radical (unpaired) electrons. The average Bonchev–Trinajstić information content (AvgIpc) is 2.92. The van der Waals surface area contributed by atoms with Crippen molar-refractivity contribution in [2.75, 3.05) is 12.4 Å². The molecule has 2 aromatic rings. The van der Waals surface area contributed by atoms with Crippen LogP contribution in [0.4, 0.5) is 0 Å². The maximum Gasteiger partial charge on any atom is 0.328 e.